The molecule has 0 spiro atoms. The molecule has 3 N–H and O–H groups in total. The van der Waals surface area contributed by atoms with Crippen LogP contribution in [0.25, 0.3) is 16.3 Å². The maximum Gasteiger partial charge on any atom is 0.263 e. The lowest BCUT2D eigenvalue weighted by molar-refractivity contribution is -0.136. The van der Waals surface area contributed by atoms with Gasteiger partial charge < -0.3 is 15.4 Å². The van der Waals surface area contributed by atoms with Crippen molar-refractivity contribution in [3.05, 3.63) is 105 Å². The Morgan fingerprint density at radius 1 is 1.00 bits per heavy atom. The van der Waals surface area contributed by atoms with Gasteiger partial charge in [-0.25, -0.2) is 0 Å². The molecule has 2 aliphatic heterocycles. The van der Waals surface area contributed by atoms with E-state index in [0.29, 0.717) is 36.6 Å². The number of imide groups is 1. The molecule has 1 aliphatic carbocycles. The number of hydrogen-bond acceptors (Lipinski definition) is 9. The Labute approximate surface area is 368 Å². The molecule has 2 unspecified atom stereocenters. The average Bonchev–Trinajstić information content (AvgIpc) is 3.84. The molecule has 0 radical (unpaired) electrons. The number of amides is 5. The number of nitrogens with zero attached hydrogens (tertiary/aromatic N) is 4. The molecule has 0 bridgehead atoms. The number of ether oxygens (including phenoxy) is 1. The number of carbonyl (C=O) groups is 5. The smallest absolute Gasteiger partial charge is 0.263 e. The molecule has 13 nitrogen and oxygen atoms in total. The number of aromatic nitrogens is 3. The Kier molecular flexibility index (Phi) is 15.0. The van der Waals surface area contributed by atoms with Gasteiger partial charge in [0, 0.05) is 48.9 Å². The minimum Gasteiger partial charge on any atom is -0.483 e. The molecular formula is C48H59N7O6S. The van der Waals surface area contributed by atoms with Crippen molar-refractivity contribution in [3.63, 3.8) is 0 Å². The minimum atomic E-state index is -0.763. The van der Waals surface area contributed by atoms with Gasteiger partial charge >= 0.3 is 0 Å². The third-order valence-corrected chi connectivity index (χ3v) is 13.1. The van der Waals surface area contributed by atoms with Crippen LogP contribution in [-0.4, -0.2) is 74.9 Å². The Morgan fingerprint density at radius 2 is 1.73 bits per heavy atom. The molecule has 2 aromatic heterocycles. The Bertz CT molecular complexity index is 2390. The Balaban J connectivity index is 0.000000211. The number of fused-ring (bicyclic) bond motifs is 1. The third kappa shape index (κ3) is 10.1. The van der Waals surface area contributed by atoms with Crippen molar-refractivity contribution in [1.29, 1.82) is 0 Å². The van der Waals surface area contributed by atoms with E-state index in [1.165, 1.54) is 44.0 Å². The molecule has 5 amide bonds. The number of hydrogen-bond donors (Lipinski definition) is 3. The quantitative estimate of drug-likeness (QED) is 0.0827. The van der Waals surface area contributed by atoms with E-state index < -0.39 is 11.9 Å². The molecule has 3 aliphatic rings. The van der Waals surface area contributed by atoms with Gasteiger partial charge in [-0.05, 0) is 99.1 Å². The summed E-state index contributed by atoms with van der Waals surface area (Å²) in [6.07, 6.45) is 6.85. The topological polar surface area (TPSA) is 165 Å². The van der Waals surface area contributed by atoms with Crippen molar-refractivity contribution >= 4 is 52.1 Å². The summed E-state index contributed by atoms with van der Waals surface area (Å²) in [5.41, 5.74) is 8.97. The summed E-state index contributed by atoms with van der Waals surface area (Å²) in [5, 5.41) is 17.8. The van der Waals surface area contributed by atoms with Crippen LogP contribution in [0.4, 0.5) is 0 Å². The lowest BCUT2D eigenvalue weighted by Gasteiger charge is -2.33. The largest absolute Gasteiger partial charge is 0.483 e. The van der Waals surface area contributed by atoms with E-state index >= 15 is 0 Å². The second-order valence-electron chi connectivity index (χ2n) is 16.3. The number of carbonyl (C=O) groups excluding carboxylic acids is 5. The molecular weight excluding hydrogens is 803 g/mol. The molecule has 14 heteroatoms. The highest BCUT2D eigenvalue weighted by Gasteiger charge is 2.45. The first-order valence-electron chi connectivity index (χ1n) is 21.7. The molecule has 2 atom stereocenters. The first-order valence-corrected chi connectivity index (χ1v) is 22.5. The van der Waals surface area contributed by atoms with Crippen LogP contribution < -0.4 is 20.7 Å². The normalized spacial score (nSPS) is 16.2. The zero-order valence-electron chi connectivity index (χ0n) is 37.0. The highest BCUT2D eigenvalue weighted by Crippen LogP contribution is 2.46. The highest BCUT2D eigenvalue weighted by molar-refractivity contribution is 7.15. The van der Waals surface area contributed by atoms with Gasteiger partial charge in [0.25, 0.3) is 11.8 Å². The number of benzene rings is 2. The van der Waals surface area contributed by atoms with E-state index in [1.807, 2.05) is 24.3 Å². The Morgan fingerprint density at radius 3 is 2.37 bits per heavy atom. The third-order valence-electron chi connectivity index (χ3n) is 11.9. The van der Waals surface area contributed by atoms with Crippen molar-refractivity contribution < 1.29 is 28.7 Å². The van der Waals surface area contributed by atoms with Crippen LogP contribution >= 0.6 is 11.3 Å². The van der Waals surface area contributed by atoms with Gasteiger partial charge in [-0.1, -0.05) is 70.2 Å². The van der Waals surface area contributed by atoms with Crippen LogP contribution in [0.5, 0.6) is 5.75 Å². The monoisotopic (exact) mass is 861 g/mol. The van der Waals surface area contributed by atoms with Crippen molar-refractivity contribution in [2.24, 2.45) is 5.92 Å². The molecule has 2 fully saturated rings. The number of nitrogens with one attached hydrogen (secondary N) is 3. The molecule has 1 saturated heterocycles. The summed E-state index contributed by atoms with van der Waals surface area (Å²) in [6, 6.07) is 13.3. The van der Waals surface area contributed by atoms with Crippen molar-refractivity contribution in [2.45, 2.75) is 112 Å². The van der Waals surface area contributed by atoms with Crippen molar-refractivity contribution in [3.8, 4) is 10.8 Å². The summed E-state index contributed by atoms with van der Waals surface area (Å²) >= 11 is 1.81. The van der Waals surface area contributed by atoms with Crippen LogP contribution in [0.3, 0.4) is 0 Å². The predicted octanol–water partition coefficient (Wildman–Crippen LogP) is 7.33. The number of rotatable bonds is 15. The summed E-state index contributed by atoms with van der Waals surface area (Å²) in [6.45, 7) is 19.6. The van der Waals surface area contributed by atoms with E-state index in [-0.39, 0.29) is 48.8 Å². The van der Waals surface area contributed by atoms with Gasteiger partial charge in [-0.2, -0.15) is 0 Å². The highest BCUT2D eigenvalue weighted by atomic mass is 32.1. The van der Waals surface area contributed by atoms with Crippen LogP contribution in [0.2, 0.25) is 0 Å². The van der Waals surface area contributed by atoms with Gasteiger partial charge in [-0.3, -0.25) is 38.8 Å². The van der Waals surface area contributed by atoms with Crippen molar-refractivity contribution in [1.82, 2.24) is 35.6 Å². The van der Waals surface area contributed by atoms with Crippen LogP contribution in [0, 0.1) is 26.7 Å². The summed E-state index contributed by atoms with van der Waals surface area (Å²) in [4.78, 5) is 63.7. The maximum atomic E-state index is 13.6. The maximum absolute atomic E-state index is 13.6. The van der Waals surface area contributed by atoms with Gasteiger partial charge in [0.1, 0.15) is 28.4 Å². The molecule has 7 rings (SSSR count). The second-order valence-corrected chi connectivity index (χ2v) is 17.5. The van der Waals surface area contributed by atoms with E-state index in [2.05, 4.69) is 96.2 Å². The number of aryl methyl sites for hydroxylation is 3. The summed E-state index contributed by atoms with van der Waals surface area (Å²) in [7, 11) is 0. The fourth-order valence-electron chi connectivity index (χ4n) is 7.84. The van der Waals surface area contributed by atoms with E-state index in [0.717, 1.165) is 67.0 Å². The molecule has 4 aromatic rings. The number of piperidine rings is 1. The molecule has 328 valence electrons. The fraction of sp³-hybridized carbons (Fsp3) is 0.438. The summed E-state index contributed by atoms with van der Waals surface area (Å²) < 4.78 is 7.98. The lowest BCUT2D eigenvalue weighted by Crippen LogP contribution is -2.52. The van der Waals surface area contributed by atoms with Gasteiger partial charge in [0.2, 0.25) is 17.7 Å². The number of allylic oxidation sites excluding steroid dienone is 1. The van der Waals surface area contributed by atoms with Gasteiger partial charge in [0.15, 0.2) is 6.61 Å². The molecule has 62 heavy (non-hydrogen) atoms. The van der Waals surface area contributed by atoms with Crippen LogP contribution in [0.15, 0.2) is 54.6 Å². The van der Waals surface area contributed by atoms with Crippen molar-refractivity contribution in [2.75, 3.05) is 19.7 Å². The molecule has 4 heterocycles. The second kappa shape index (κ2) is 20.3. The SMILES string of the molecule is C=C(c1ccc(CC)cc1)c1c(-n2c(C)nnc2CC(C)CC)sc(C)c1C.CC(=O)NCCCNC(=O)COc1cccc2c1C(=O)N(C1CCC(=O)NC1=O)C2=C1CCC1. The predicted molar refractivity (Wildman–Crippen MR) is 242 cm³/mol. The fourth-order valence-corrected chi connectivity index (χ4v) is 9.09. The van der Waals surface area contributed by atoms with E-state index in [4.69, 9.17) is 4.74 Å². The molecule has 1 saturated carbocycles. The van der Waals surface area contributed by atoms with Gasteiger partial charge in [0.05, 0.1) is 11.3 Å². The lowest BCUT2D eigenvalue weighted by atomic mass is 9.87. The minimum absolute atomic E-state index is 0.125. The zero-order chi connectivity index (χ0) is 44.7. The molecule has 2 aromatic carbocycles. The van der Waals surface area contributed by atoms with E-state index in [1.54, 1.807) is 12.1 Å². The average molecular weight is 862 g/mol. The van der Waals surface area contributed by atoms with Gasteiger partial charge in [-0.15, -0.1) is 21.5 Å². The first kappa shape index (κ1) is 45.6. The standard InChI is InChI=1S/C24H28N4O6.C24H31N3S/c1-14(29)25-11-4-12-26-20(31)13-34-18-8-3-7-16-21(18)24(33)28(22(16)15-5-2-6-15)17-9-10-19(30)27-23(17)32;1-8-15(3)14-22-26-25-19(7)27(22)24-23(16(4)18(6)28-24)17(5)21-12-10-20(9-2)11-13-21/h3,7-8,17H,2,4-6,9-13H2,1H3,(H,25,29)(H,26,31)(H,27,30,32);10-13,15H,5,8-9,14H2,1-4,6-7H3. The van der Waals surface area contributed by atoms with Crippen LogP contribution in [-0.2, 0) is 32.0 Å². The Hall–Kier alpha value is -5.89. The number of thiophene rings is 1. The first-order chi connectivity index (χ1) is 29.7. The zero-order valence-corrected chi connectivity index (χ0v) is 37.9. The van der Waals surface area contributed by atoms with E-state index in [9.17, 15) is 24.0 Å². The van der Waals surface area contributed by atoms with Crippen LogP contribution in [0.1, 0.15) is 127 Å². The summed E-state index contributed by atoms with van der Waals surface area (Å²) in [5.74, 6) is 1.21.